The molecule has 2 aliphatic heterocycles. The van der Waals surface area contributed by atoms with Crippen LogP contribution in [0.1, 0.15) is 60.9 Å². The highest BCUT2D eigenvalue weighted by atomic mass is 32.2. The third-order valence-electron chi connectivity index (χ3n) is 9.89. The summed E-state index contributed by atoms with van der Waals surface area (Å²) in [6.45, 7) is 2.85. The Kier molecular flexibility index (Phi) is 10.6. The van der Waals surface area contributed by atoms with Crippen LogP contribution in [0.15, 0.2) is 73.2 Å². The van der Waals surface area contributed by atoms with Crippen molar-refractivity contribution in [2.45, 2.75) is 50.5 Å². The fraction of sp³-hybridized carbons (Fsp3) is 0.342. The number of anilines is 2. The van der Waals surface area contributed by atoms with E-state index in [2.05, 4.69) is 37.1 Å². The number of hydrogen-bond donors (Lipinski definition) is 4. The van der Waals surface area contributed by atoms with Crippen molar-refractivity contribution < 1.29 is 27.5 Å². The number of amides is 3. The molecule has 3 amide bonds. The summed E-state index contributed by atoms with van der Waals surface area (Å²) >= 11 is 0. The quantitative estimate of drug-likeness (QED) is 0.0884. The van der Waals surface area contributed by atoms with Crippen LogP contribution in [0.2, 0.25) is 0 Å². The number of unbranched alkanes of at least 4 members (excludes halogenated alkanes) is 1. The molecule has 284 valence electrons. The molecule has 2 fully saturated rings. The molecule has 7 rings (SSSR count). The maximum atomic E-state index is 12.8. The second-order valence-corrected chi connectivity index (χ2v) is 15.9. The van der Waals surface area contributed by atoms with E-state index in [4.69, 9.17) is 9.72 Å². The standard InChI is InChI=1S/C38H40N10O6S/c1-2-55(52,53)47-23-38(24-47,15-16-39)48-22-27(21-42-48)33-31-14-18-40-34(31)46-37(45-33)43-28-10-8-25(9-11-28)35(50)41-17-3-4-19-54-29-7-5-6-26(20-29)30-12-13-32(49)44-36(30)51/h5-11,14,18,20-22,30H,2-4,12-13,15,17,19,23-24H2,1H3,(H,41,50)(H,44,49,51)(H2,40,43,45,46). The lowest BCUT2D eigenvalue weighted by Gasteiger charge is -2.47. The van der Waals surface area contributed by atoms with Crippen LogP contribution in [0.5, 0.6) is 5.75 Å². The number of sulfonamides is 1. The number of imide groups is 1. The van der Waals surface area contributed by atoms with E-state index in [1.807, 2.05) is 30.3 Å². The number of hydrogen-bond acceptors (Lipinski definition) is 11. The number of nitrogens with one attached hydrogen (secondary N) is 4. The van der Waals surface area contributed by atoms with Gasteiger partial charge >= 0.3 is 0 Å². The molecule has 5 heterocycles. The van der Waals surface area contributed by atoms with Gasteiger partial charge in [0.05, 0.1) is 42.7 Å². The smallest absolute Gasteiger partial charge is 0.251 e. The zero-order chi connectivity index (χ0) is 38.6. The highest BCUT2D eigenvalue weighted by molar-refractivity contribution is 7.89. The Morgan fingerprint density at radius 1 is 1.11 bits per heavy atom. The molecule has 4 N–H and O–H groups in total. The molecule has 5 aromatic rings. The molecule has 0 spiro atoms. The molecule has 0 saturated carbocycles. The van der Waals surface area contributed by atoms with Crippen molar-refractivity contribution in [2.24, 2.45) is 0 Å². The Bertz CT molecular complexity index is 2380. The summed E-state index contributed by atoms with van der Waals surface area (Å²) in [4.78, 5) is 49.1. The van der Waals surface area contributed by atoms with E-state index in [9.17, 15) is 28.1 Å². The molecule has 1 unspecified atom stereocenters. The summed E-state index contributed by atoms with van der Waals surface area (Å²) < 4.78 is 33.7. The molecule has 2 aromatic carbocycles. The summed E-state index contributed by atoms with van der Waals surface area (Å²) in [7, 11) is -3.38. The second kappa shape index (κ2) is 15.7. The Labute approximate surface area is 317 Å². The molecule has 3 aromatic heterocycles. The zero-order valence-electron chi connectivity index (χ0n) is 30.1. The number of aromatic nitrogens is 5. The SMILES string of the molecule is CCS(=O)(=O)N1CC(CC#N)(n2cc(-c3nc(Nc4ccc(C(=O)NCCCCOc5cccc(C6CCC(=O)NC6=O)c5)cc4)nc4[nH]ccc34)cn2)C1. The summed E-state index contributed by atoms with van der Waals surface area (Å²) in [5.41, 5.74) is 3.09. The molecule has 0 bridgehead atoms. The number of fused-ring (bicyclic) bond motifs is 1. The Morgan fingerprint density at radius 3 is 2.69 bits per heavy atom. The summed E-state index contributed by atoms with van der Waals surface area (Å²) in [5.74, 6) is -0.144. The average Bonchev–Trinajstić information content (AvgIpc) is 3.85. The van der Waals surface area contributed by atoms with E-state index < -0.39 is 15.6 Å². The minimum Gasteiger partial charge on any atom is -0.494 e. The Balaban J connectivity index is 0.918. The van der Waals surface area contributed by atoms with Gasteiger partial charge < -0.3 is 20.4 Å². The number of benzene rings is 2. The van der Waals surface area contributed by atoms with Crippen LogP contribution in [0, 0.1) is 11.3 Å². The number of aromatic amines is 1. The van der Waals surface area contributed by atoms with Crippen molar-refractivity contribution in [2.75, 3.05) is 37.3 Å². The predicted octanol–water partition coefficient (Wildman–Crippen LogP) is 3.95. The van der Waals surface area contributed by atoms with Crippen LogP contribution in [0.3, 0.4) is 0 Å². The lowest BCUT2D eigenvalue weighted by Crippen LogP contribution is -2.64. The molecular formula is C38H40N10O6S. The van der Waals surface area contributed by atoms with Crippen LogP contribution >= 0.6 is 0 Å². The van der Waals surface area contributed by atoms with E-state index >= 15 is 0 Å². The van der Waals surface area contributed by atoms with Gasteiger partial charge in [-0.2, -0.15) is 19.6 Å². The van der Waals surface area contributed by atoms with Crippen LogP contribution in [-0.2, 0) is 25.2 Å². The first-order valence-electron chi connectivity index (χ1n) is 18.0. The molecule has 0 radical (unpaired) electrons. The van der Waals surface area contributed by atoms with E-state index in [0.717, 1.165) is 10.9 Å². The number of nitrogens with zero attached hydrogens (tertiary/aromatic N) is 6. The summed E-state index contributed by atoms with van der Waals surface area (Å²) in [5, 5.41) is 23.4. The normalized spacial score (nSPS) is 16.9. The van der Waals surface area contributed by atoms with Crippen molar-refractivity contribution in [3.05, 3.63) is 84.3 Å². The van der Waals surface area contributed by atoms with Gasteiger partial charge in [-0.05, 0) is 74.2 Å². The fourth-order valence-corrected chi connectivity index (χ4v) is 8.02. The second-order valence-electron chi connectivity index (χ2n) is 13.6. The fourth-order valence-electron chi connectivity index (χ4n) is 6.78. The van der Waals surface area contributed by atoms with Gasteiger partial charge in [-0.3, -0.25) is 24.4 Å². The van der Waals surface area contributed by atoms with Gasteiger partial charge in [-0.1, -0.05) is 12.1 Å². The van der Waals surface area contributed by atoms with E-state index in [-0.39, 0.29) is 48.9 Å². The first-order chi connectivity index (χ1) is 26.6. The van der Waals surface area contributed by atoms with Gasteiger partial charge in [0.1, 0.15) is 16.9 Å². The molecular weight excluding hydrogens is 725 g/mol. The molecule has 0 aliphatic carbocycles. The molecule has 16 nitrogen and oxygen atoms in total. The first kappa shape index (κ1) is 37.2. The van der Waals surface area contributed by atoms with Crippen LogP contribution in [0.25, 0.3) is 22.3 Å². The number of ether oxygens (including phenoxy) is 1. The first-order valence-corrected chi connectivity index (χ1v) is 19.7. The van der Waals surface area contributed by atoms with E-state index in [1.165, 1.54) is 4.31 Å². The summed E-state index contributed by atoms with van der Waals surface area (Å²) in [6.07, 6.45) is 7.52. The van der Waals surface area contributed by atoms with Gasteiger partial charge in [0, 0.05) is 60.6 Å². The van der Waals surface area contributed by atoms with Gasteiger partial charge in [0.25, 0.3) is 5.91 Å². The number of piperidine rings is 1. The van der Waals surface area contributed by atoms with Crippen LogP contribution in [-0.4, -0.2) is 87.2 Å². The van der Waals surface area contributed by atoms with Crippen molar-refractivity contribution in [1.29, 1.82) is 5.26 Å². The molecule has 17 heteroatoms. The minimum absolute atomic E-state index is 0.00896. The lowest BCUT2D eigenvalue weighted by atomic mass is 9.89. The number of rotatable bonds is 15. The predicted molar refractivity (Wildman–Crippen MR) is 203 cm³/mol. The number of nitriles is 1. The highest BCUT2D eigenvalue weighted by Gasteiger charge is 2.49. The third-order valence-corrected chi connectivity index (χ3v) is 11.7. The van der Waals surface area contributed by atoms with Gasteiger partial charge in [0.15, 0.2) is 0 Å². The van der Waals surface area contributed by atoms with Crippen LogP contribution < -0.4 is 20.7 Å². The van der Waals surface area contributed by atoms with Crippen molar-refractivity contribution in [1.82, 2.24) is 39.7 Å². The highest BCUT2D eigenvalue weighted by Crippen LogP contribution is 2.36. The zero-order valence-corrected chi connectivity index (χ0v) is 30.9. The molecule has 2 saturated heterocycles. The lowest BCUT2D eigenvalue weighted by molar-refractivity contribution is -0.134. The van der Waals surface area contributed by atoms with Crippen LogP contribution in [0.4, 0.5) is 11.6 Å². The van der Waals surface area contributed by atoms with E-state index in [1.54, 1.807) is 54.5 Å². The third kappa shape index (κ3) is 8.05. The molecule has 55 heavy (non-hydrogen) atoms. The van der Waals surface area contributed by atoms with Gasteiger partial charge in [0.2, 0.25) is 27.8 Å². The van der Waals surface area contributed by atoms with Gasteiger partial charge in [-0.25, -0.2) is 13.4 Å². The average molecular weight is 765 g/mol. The molecule has 1 atom stereocenters. The largest absolute Gasteiger partial charge is 0.494 e. The monoisotopic (exact) mass is 764 g/mol. The topological polar surface area (TPSA) is 217 Å². The Morgan fingerprint density at radius 2 is 1.93 bits per heavy atom. The van der Waals surface area contributed by atoms with Crippen molar-refractivity contribution >= 4 is 50.4 Å². The number of carbonyl (C=O) groups is 3. The number of carbonyl (C=O) groups excluding carboxylic acids is 3. The maximum Gasteiger partial charge on any atom is 0.251 e. The van der Waals surface area contributed by atoms with Crippen molar-refractivity contribution in [3.8, 4) is 23.1 Å². The van der Waals surface area contributed by atoms with Crippen molar-refractivity contribution in [3.63, 3.8) is 0 Å². The maximum absolute atomic E-state index is 12.8. The Hall–Kier alpha value is -6.12. The minimum atomic E-state index is -3.38. The van der Waals surface area contributed by atoms with E-state index in [0.29, 0.717) is 78.7 Å². The summed E-state index contributed by atoms with van der Waals surface area (Å²) in [6, 6.07) is 18.4. The van der Waals surface area contributed by atoms with Gasteiger partial charge in [-0.15, -0.1) is 0 Å². The molecule has 2 aliphatic rings. The number of H-pyrrole nitrogens is 1.